The Bertz CT molecular complexity index is 1180. The topological polar surface area (TPSA) is 96.0 Å². The summed E-state index contributed by atoms with van der Waals surface area (Å²) in [7, 11) is -2.41. The fourth-order valence-corrected chi connectivity index (χ4v) is 4.77. The van der Waals surface area contributed by atoms with E-state index in [4.69, 9.17) is 4.74 Å². The molecule has 35 heavy (non-hydrogen) atoms. The Morgan fingerprint density at radius 3 is 2.34 bits per heavy atom. The van der Waals surface area contributed by atoms with Crippen LogP contribution >= 0.6 is 15.9 Å². The largest absolute Gasteiger partial charge is 0.495 e. The molecule has 2 aromatic carbocycles. The fourth-order valence-electron chi connectivity index (χ4n) is 3.48. The molecule has 1 atom stereocenters. The third-order valence-electron chi connectivity index (χ3n) is 5.19. The van der Waals surface area contributed by atoms with Gasteiger partial charge in [0, 0.05) is 16.6 Å². The van der Waals surface area contributed by atoms with E-state index in [9.17, 15) is 18.0 Å². The molecule has 0 heterocycles. The number of nitrogens with zero attached hydrogens (tertiary/aromatic N) is 2. The van der Waals surface area contributed by atoms with Crippen LogP contribution in [0.5, 0.6) is 5.75 Å². The van der Waals surface area contributed by atoms with Gasteiger partial charge in [-0.25, -0.2) is 8.42 Å². The molecule has 0 radical (unpaired) electrons. The zero-order valence-electron chi connectivity index (χ0n) is 21.3. The van der Waals surface area contributed by atoms with E-state index < -0.39 is 34.1 Å². The molecule has 0 aliphatic carbocycles. The van der Waals surface area contributed by atoms with Crippen molar-refractivity contribution in [1.82, 2.24) is 10.2 Å². The summed E-state index contributed by atoms with van der Waals surface area (Å²) in [6.45, 7) is 8.66. The highest BCUT2D eigenvalue weighted by Gasteiger charge is 2.32. The minimum atomic E-state index is -3.85. The van der Waals surface area contributed by atoms with Crippen LogP contribution in [0.1, 0.15) is 38.8 Å². The van der Waals surface area contributed by atoms with E-state index in [0.717, 1.165) is 26.2 Å². The first-order valence-corrected chi connectivity index (χ1v) is 13.7. The third-order valence-corrected chi connectivity index (χ3v) is 6.81. The van der Waals surface area contributed by atoms with E-state index in [-0.39, 0.29) is 18.1 Å². The van der Waals surface area contributed by atoms with Crippen LogP contribution in [0.3, 0.4) is 0 Å². The van der Waals surface area contributed by atoms with Crippen LogP contribution in [-0.4, -0.2) is 56.6 Å². The van der Waals surface area contributed by atoms with E-state index in [1.54, 1.807) is 25.1 Å². The maximum Gasteiger partial charge on any atom is 0.244 e. The van der Waals surface area contributed by atoms with Crippen LogP contribution in [0.4, 0.5) is 5.69 Å². The van der Waals surface area contributed by atoms with Crippen molar-refractivity contribution in [3.05, 3.63) is 58.1 Å². The highest BCUT2D eigenvalue weighted by molar-refractivity contribution is 9.10. The highest BCUT2D eigenvalue weighted by Crippen LogP contribution is 2.31. The molecule has 10 heteroatoms. The number of ether oxygens (including phenoxy) is 1. The molecule has 0 spiro atoms. The quantitative estimate of drug-likeness (QED) is 0.496. The van der Waals surface area contributed by atoms with E-state index >= 15 is 0 Å². The molecule has 0 saturated heterocycles. The Morgan fingerprint density at radius 1 is 1.14 bits per heavy atom. The van der Waals surface area contributed by atoms with Crippen molar-refractivity contribution < 1.29 is 22.7 Å². The minimum Gasteiger partial charge on any atom is -0.495 e. The average Bonchev–Trinajstić information content (AvgIpc) is 2.73. The van der Waals surface area contributed by atoms with Crippen molar-refractivity contribution >= 4 is 43.5 Å². The summed E-state index contributed by atoms with van der Waals surface area (Å²) in [6, 6.07) is 11.7. The molecule has 2 rings (SSSR count). The number of halogens is 1. The van der Waals surface area contributed by atoms with Crippen molar-refractivity contribution in [2.75, 3.05) is 24.2 Å². The van der Waals surface area contributed by atoms with E-state index in [1.165, 1.54) is 12.0 Å². The average molecular weight is 569 g/mol. The van der Waals surface area contributed by atoms with Crippen LogP contribution in [0.15, 0.2) is 46.9 Å². The number of aryl methyl sites for hydroxylation is 1. The van der Waals surface area contributed by atoms with Gasteiger partial charge >= 0.3 is 0 Å². The van der Waals surface area contributed by atoms with Crippen molar-refractivity contribution in [2.45, 2.75) is 52.7 Å². The lowest BCUT2D eigenvalue weighted by Crippen LogP contribution is -2.54. The second kappa shape index (κ2) is 11.4. The lowest BCUT2D eigenvalue weighted by atomic mass is 10.1. The van der Waals surface area contributed by atoms with E-state index in [1.807, 2.05) is 52.0 Å². The summed E-state index contributed by atoms with van der Waals surface area (Å²) in [6.07, 6.45) is 1.04. The van der Waals surface area contributed by atoms with E-state index in [0.29, 0.717) is 5.75 Å². The maximum absolute atomic E-state index is 13.6. The number of benzene rings is 2. The number of anilines is 1. The Kier molecular flexibility index (Phi) is 9.36. The van der Waals surface area contributed by atoms with Gasteiger partial charge in [0.2, 0.25) is 21.8 Å². The fraction of sp³-hybridized carbons (Fsp3) is 0.440. The third kappa shape index (κ3) is 8.24. The van der Waals surface area contributed by atoms with Gasteiger partial charge in [-0.2, -0.15) is 0 Å². The van der Waals surface area contributed by atoms with Gasteiger partial charge < -0.3 is 15.0 Å². The number of amides is 2. The number of sulfonamides is 1. The normalized spacial score (nSPS) is 12.6. The van der Waals surface area contributed by atoms with Crippen molar-refractivity contribution in [3.8, 4) is 5.75 Å². The number of rotatable bonds is 9. The number of hydrogen-bond donors (Lipinski definition) is 1. The molecule has 192 valence electrons. The summed E-state index contributed by atoms with van der Waals surface area (Å²) in [4.78, 5) is 28.0. The lowest BCUT2D eigenvalue weighted by Gasteiger charge is -2.33. The van der Waals surface area contributed by atoms with Gasteiger partial charge in [-0.3, -0.25) is 13.9 Å². The smallest absolute Gasteiger partial charge is 0.244 e. The second-order valence-corrected chi connectivity index (χ2v) is 12.3. The number of nitrogens with one attached hydrogen (secondary N) is 1. The van der Waals surface area contributed by atoms with Gasteiger partial charge in [0.25, 0.3) is 0 Å². The monoisotopic (exact) mass is 567 g/mol. The van der Waals surface area contributed by atoms with Gasteiger partial charge in [-0.15, -0.1) is 0 Å². The van der Waals surface area contributed by atoms with Crippen LogP contribution in [0.2, 0.25) is 0 Å². The summed E-state index contributed by atoms with van der Waals surface area (Å²) in [5.41, 5.74) is 1.37. The molecule has 2 aromatic rings. The summed E-state index contributed by atoms with van der Waals surface area (Å²) < 4.78 is 32.8. The molecule has 0 aliphatic rings. The molecule has 1 unspecified atom stereocenters. The molecule has 0 bridgehead atoms. The Hall–Kier alpha value is -2.59. The van der Waals surface area contributed by atoms with Crippen LogP contribution < -0.4 is 14.4 Å². The van der Waals surface area contributed by atoms with Crippen LogP contribution in [0, 0.1) is 6.92 Å². The molecule has 2 amide bonds. The first-order valence-electron chi connectivity index (χ1n) is 11.1. The van der Waals surface area contributed by atoms with Crippen LogP contribution in [-0.2, 0) is 26.2 Å². The summed E-state index contributed by atoms with van der Waals surface area (Å²) in [5, 5.41) is 2.90. The molecule has 1 N–H and O–H groups in total. The number of carbonyl (C=O) groups excluding carboxylic acids is 2. The van der Waals surface area contributed by atoms with E-state index in [2.05, 4.69) is 21.2 Å². The minimum absolute atomic E-state index is 0.125. The predicted octanol–water partition coefficient (Wildman–Crippen LogP) is 3.86. The van der Waals surface area contributed by atoms with Crippen molar-refractivity contribution in [3.63, 3.8) is 0 Å². The standard InChI is InChI=1S/C25H34BrN3O5S/c1-17-11-12-22(34-6)21(13-17)29(35(7,32)33)16-23(30)28(15-19-9-8-10-20(26)14-19)18(2)24(31)27-25(3,4)5/h8-14,18H,15-16H2,1-7H3,(H,27,31). The summed E-state index contributed by atoms with van der Waals surface area (Å²) >= 11 is 3.43. The Balaban J connectivity index is 2.48. The molecule has 0 fully saturated rings. The SMILES string of the molecule is COc1ccc(C)cc1N(CC(=O)N(Cc1cccc(Br)c1)C(C)C(=O)NC(C)(C)C)S(C)(=O)=O. The molecule has 0 saturated carbocycles. The van der Waals surface area contributed by atoms with Gasteiger partial charge in [-0.1, -0.05) is 34.1 Å². The Labute approximate surface area is 216 Å². The predicted molar refractivity (Wildman–Crippen MR) is 142 cm³/mol. The van der Waals surface area contributed by atoms with Gasteiger partial charge in [0.15, 0.2) is 0 Å². The molecular formula is C25H34BrN3O5S. The lowest BCUT2D eigenvalue weighted by molar-refractivity contribution is -0.140. The van der Waals surface area contributed by atoms with Gasteiger partial charge in [0.05, 0.1) is 19.1 Å². The maximum atomic E-state index is 13.6. The Morgan fingerprint density at radius 2 is 1.80 bits per heavy atom. The molecule has 8 nitrogen and oxygen atoms in total. The summed E-state index contributed by atoms with van der Waals surface area (Å²) in [5.74, 6) is -0.527. The van der Waals surface area contributed by atoms with Crippen molar-refractivity contribution in [1.29, 1.82) is 0 Å². The van der Waals surface area contributed by atoms with Crippen molar-refractivity contribution in [2.24, 2.45) is 0 Å². The van der Waals surface area contributed by atoms with Gasteiger partial charge in [-0.05, 0) is 70.0 Å². The first-order chi connectivity index (χ1) is 16.1. The number of carbonyl (C=O) groups is 2. The molecule has 0 aliphatic heterocycles. The second-order valence-electron chi connectivity index (χ2n) is 9.51. The number of methoxy groups -OCH3 is 1. The molecular weight excluding hydrogens is 534 g/mol. The first kappa shape index (κ1) is 28.6. The zero-order valence-corrected chi connectivity index (χ0v) is 23.7. The zero-order chi connectivity index (χ0) is 26.6. The van der Waals surface area contributed by atoms with Crippen LogP contribution in [0.25, 0.3) is 0 Å². The van der Waals surface area contributed by atoms with Gasteiger partial charge in [0.1, 0.15) is 18.3 Å². The molecule has 0 aromatic heterocycles. The number of hydrogen-bond acceptors (Lipinski definition) is 5. The highest BCUT2D eigenvalue weighted by atomic mass is 79.9.